The van der Waals surface area contributed by atoms with Crippen molar-refractivity contribution in [2.45, 2.75) is 110 Å². The molecule has 0 radical (unpaired) electrons. The minimum absolute atomic E-state index is 0.0873. The summed E-state index contributed by atoms with van der Waals surface area (Å²) < 4.78 is 22.3. The molecule has 0 aliphatic rings. The summed E-state index contributed by atoms with van der Waals surface area (Å²) in [6.45, 7) is 2.24. The van der Waals surface area contributed by atoms with Gasteiger partial charge in [-0.2, -0.15) is 0 Å². The summed E-state index contributed by atoms with van der Waals surface area (Å²) in [6.07, 6.45) is 21.6. The summed E-state index contributed by atoms with van der Waals surface area (Å²) in [5.74, 6) is 0. The lowest BCUT2D eigenvalue weighted by molar-refractivity contribution is 0.173. The van der Waals surface area contributed by atoms with Gasteiger partial charge in [0.25, 0.3) is 0 Å². The molecule has 1 N–H and O–H groups in total. The van der Waals surface area contributed by atoms with Gasteiger partial charge in [-0.25, -0.2) is 0 Å². The summed E-state index contributed by atoms with van der Waals surface area (Å²) >= 11 is 0. The third kappa shape index (κ3) is 17.5. The smallest absolute Gasteiger partial charge is 0.330 e. The molecule has 0 spiro atoms. The third-order valence-corrected chi connectivity index (χ3v) is 6.94. The second kappa shape index (κ2) is 19.9. The minimum Gasteiger partial charge on any atom is -0.394 e. The molecule has 158 valence electrons. The van der Waals surface area contributed by atoms with Crippen LogP contribution in [0.5, 0.6) is 0 Å². The molecule has 26 heavy (non-hydrogen) atoms. The van der Waals surface area contributed by atoms with Crippen LogP contribution in [0.4, 0.5) is 0 Å². The fourth-order valence-electron chi connectivity index (χ4n) is 3.24. The molecule has 0 saturated carbocycles. The Morgan fingerprint density at radius 2 is 1.08 bits per heavy atom. The molecule has 1 unspecified atom stereocenters. The van der Waals surface area contributed by atoms with Gasteiger partial charge in [0, 0.05) is 7.11 Å². The van der Waals surface area contributed by atoms with Crippen molar-refractivity contribution in [3.63, 3.8) is 0 Å². The zero-order chi connectivity index (χ0) is 19.3. The highest BCUT2D eigenvalue weighted by molar-refractivity contribution is 7.53. The molecule has 1 atom stereocenters. The van der Waals surface area contributed by atoms with Crippen LogP contribution in [0.3, 0.4) is 0 Å². The van der Waals surface area contributed by atoms with Crippen LogP contribution in [0.1, 0.15) is 110 Å². The molecule has 4 nitrogen and oxygen atoms in total. The van der Waals surface area contributed by atoms with Crippen LogP contribution in [-0.4, -0.2) is 31.6 Å². The molecule has 0 aromatic heterocycles. The zero-order valence-electron chi connectivity index (χ0n) is 17.6. The first-order valence-electron chi connectivity index (χ1n) is 11.1. The van der Waals surface area contributed by atoms with Gasteiger partial charge in [0.05, 0.1) is 19.4 Å². The Bertz CT molecular complexity index is 323. The van der Waals surface area contributed by atoms with Crippen molar-refractivity contribution in [3.8, 4) is 0 Å². The van der Waals surface area contributed by atoms with Crippen molar-refractivity contribution in [2.75, 3.05) is 26.5 Å². The second-order valence-electron chi connectivity index (χ2n) is 7.38. The Balaban J connectivity index is 3.25. The van der Waals surface area contributed by atoms with E-state index in [9.17, 15) is 4.57 Å². The average Bonchev–Trinajstić information content (AvgIpc) is 2.66. The molecule has 0 bridgehead atoms. The highest BCUT2D eigenvalue weighted by Crippen LogP contribution is 2.47. The van der Waals surface area contributed by atoms with Gasteiger partial charge in [-0.05, 0) is 6.42 Å². The molecule has 0 rings (SSSR count). The van der Waals surface area contributed by atoms with Gasteiger partial charge in [0.2, 0.25) is 0 Å². The van der Waals surface area contributed by atoms with Crippen molar-refractivity contribution in [1.29, 1.82) is 0 Å². The molecule has 0 aromatic carbocycles. The van der Waals surface area contributed by atoms with E-state index in [1.165, 1.54) is 97.0 Å². The lowest BCUT2D eigenvalue weighted by Gasteiger charge is -2.15. The van der Waals surface area contributed by atoms with E-state index in [0.717, 1.165) is 12.8 Å². The monoisotopic (exact) mass is 392 g/mol. The first-order valence-corrected chi connectivity index (χ1v) is 12.8. The third-order valence-electron chi connectivity index (χ3n) is 4.94. The summed E-state index contributed by atoms with van der Waals surface area (Å²) in [5.41, 5.74) is 0. The Morgan fingerprint density at radius 1 is 0.692 bits per heavy atom. The standard InChI is InChI=1S/C21H45O4P/c1-3-4-5-6-7-8-9-10-11-12-13-14-15-16-17-18-21-26(23,24-2)25-20-19-22/h22H,3-21H2,1-2H3. The van der Waals surface area contributed by atoms with Crippen LogP contribution in [0.25, 0.3) is 0 Å². The van der Waals surface area contributed by atoms with Crippen LogP contribution < -0.4 is 0 Å². The van der Waals surface area contributed by atoms with Gasteiger partial charge in [-0.1, -0.05) is 103 Å². The van der Waals surface area contributed by atoms with Gasteiger partial charge in [0.15, 0.2) is 0 Å². The molecule has 5 heteroatoms. The highest BCUT2D eigenvalue weighted by atomic mass is 31.2. The maximum Gasteiger partial charge on any atom is 0.330 e. The van der Waals surface area contributed by atoms with Crippen LogP contribution in [0, 0.1) is 0 Å². The van der Waals surface area contributed by atoms with E-state index in [4.69, 9.17) is 14.2 Å². The lowest BCUT2D eigenvalue weighted by Crippen LogP contribution is -2.02. The Labute approximate surface area is 163 Å². The quantitative estimate of drug-likeness (QED) is 0.167. The highest BCUT2D eigenvalue weighted by Gasteiger charge is 2.21. The Morgan fingerprint density at radius 3 is 1.42 bits per heavy atom. The van der Waals surface area contributed by atoms with Crippen LogP contribution >= 0.6 is 7.60 Å². The van der Waals surface area contributed by atoms with Crippen molar-refractivity contribution in [3.05, 3.63) is 0 Å². The fourth-order valence-corrected chi connectivity index (χ4v) is 4.63. The number of aliphatic hydroxyl groups is 1. The molecule has 0 aliphatic heterocycles. The number of hydrogen-bond acceptors (Lipinski definition) is 4. The average molecular weight is 393 g/mol. The second-order valence-corrected chi connectivity index (χ2v) is 9.67. The molecule has 0 saturated heterocycles. The minimum atomic E-state index is -2.96. The molecule has 0 fully saturated rings. The number of hydrogen-bond donors (Lipinski definition) is 1. The Hall–Kier alpha value is 0.110. The molecular formula is C21H45O4P. The summed E-state index contributed by atoms with van der Waals surface area (Å²) in [5, 5.41) is 8.74. The SMILES string of the molecule is CCCCCCCCCCCCCCCCCCP(=O)(OC)OCCO. The maximum atomic E-state index is 12.1. The van der Waals surface area contributed by atoms with Crippen molar-refractivity contribution < 1.29 is 18.7 Å². The lowest BCUT2D eigenvalue weighted by atomic mass is 10.0. The number of rotatable bonds is 21. The number of unbranched alkanes of at least 4 members (excludes halogenated alkanes) is 15. The summed E-state index contributed by atoms with van der Waals surface area (Å²) in [6, 6.07) is 0. The Kier molecular flexibility index (Phi) is 19.9. The molecular weight excluding hydrogens is 347 g/mol. The molecule has 0 aromatic rings. The zero-order valence-corrected chi connectivity index (χ0v) is 18.4. The van der Waals surface area contributed by atoms with Gasteiger partial charge >= 0.3 is 7.60 Å². The van der Waals surface area contributed by atoms with E-state index in [2.05, 4.69) is 6.92 Å². The van der Waals surface area contributed by atoms with Gasteiger partial charge in [0.1, 0.15) is 0 Å². The summed E-state index contributed by atoms with van der Waals surface area (Å²) in [4.78, 5) is 0. The molecule has 0 amide bonds. The fraction of sp³-hybridized carbons (Fsp3) is 1.00. The van der Waals surface area contributed by atoms with E-state index in [1.54, 1.807) is 0 Å². The van der Waals surface area contributed by atoms with E-state index in [1.807, 2.05) is 0 Å². The van der Waals surface area contributed by atoms with Crippen LogP contribution in [-0.2, 0) is 13.6 Å². The van der Waals surface area contributed by atoms with Crippen molar-refractivity contribution in [1.82, 2.24) is 0 Å². The first kappa shape index (κ1) is 26.1. The number of aliphatic hydroxyl groups excluding tert-OH is 1. The van der Waals surface area contributed by atoms with Gasteiger partial charge in [-0.3, -0.25) is 4.57 Å². The van der Waals surface area contributed by atoms with Crippen LogP contribution in [0.2, 0.25) is 0 Å². The maximum absolute atomic E-state index is 12.1. The summed E-state index contributed by atoms with van der Waals surface area (Å²) in [7, 11) is -1.54. The van der Waals surface area contributed by atoms with E-state index in [-0.39, 0.29) is 13.2 Å². The molecule has 0 heterocycles. The van der Waals surface area contributed by atoms with E-state index in [0.29, 0.717) is 6.16 Å². The van der Waals surface area contributed by atoms with Crippen molar-refractivity contribution in [2.24, 2.45) is 0 Å². The largest absolute Gasteiger partial charge is 0.394 e. The normalized spacial score (nSPS) is 13.8. The van der Waals surface area contributed by atoms with Crippen molar-refractivity contribution >= 4 is 7.60 Å². The predicted octanol–water partition coefficient (Wildman–Crippen LogP) is 7.10. The van der Waals surface area contributed by atoms with E-state index >= 15 is 0 Å². The van der Waals surface area contributed by atoms with Gasteiger partial charge < -0.3 is 14.2 Å². The van der Waals surface area contributed by atoms with E-state index < -0.39 is 7.60 Å². The first-order chi connectivity index (χ1) is 12.7. The molecule has 0 aliphatic carbocycles. The van der Waals surface area contributed by atoms with Crippen LogP contribution in [0.15, 0.2) is 0 Å². The van der Waals surface area contributed by atoms with Gasteiger partial charge in [-0.15, -0.1) is 0 Å². The predicted molar refractivity (Wildman–Crippen MR) is 112 cm³/mol. The topological polar surface area (TPSA) is 55.8 Å².